The second kappa shape index (κ2) is 5.33. The Morgan fingerprint density at radius 3 is 2.41 bits per heavy atom. The van der Waals surface area contributed by atoms with Gasteiger partial charge in [0.25, 0.3) is 6.43 Å². The number of carbonyl (C=O) groups excluding carboxylic acids is 2. The monoisotopic (exact) mass is 248 g/mol. The molecule has 0 bridgehead atoms. The number of alkyl halides is 2. The molecule has 92 valence electrons. The van der Waals surface area contributed by atoms with Crippen LogP contribution < -0.4 is 4.74 Å². The van der Waals surface area contributed by atoms with Gasteiger partial charge in [0.1, 0.15) is 11.6 Å². The van der Waals surface area contributed by atoms with Gasteiger partial charge in [-0.3, -0.25) is 0 Å². The summed E-state index contributed by atoms with van der Waals surface area (Å²) >= 11 is 0. The molecule has 0 fully saturated rings. The van der Waals surface area contributed by atoms with E-state index in [9.17, 15) is 22.8 Å². The molecule has 0 unspecified atom stereocenters. The van der Waals surface area contributed by atoms with Gasteiger partial charge in [-0.15, -0.1) is 0 Å². The average molecular weight is 248 g/mol. The number of halogens is 3. The number of carbonyl (C=O) groups is 2. The zero-order valence-electron chi connectivity index (χ0n) is 8.58. The van der Waals surface area contributed by atoms with E-state index in [1.54, 1.807) is 0 Å². The fourth-order valence-electron chi connectivity index (χ4n) is 0.985. The molecule has 0 spiro atoms. The first-order chi connectivity index (χ1) is 7.95. The lowest BCUT2D eigenvalue weighted by Gasteiger charge is -2.06. The molecule has 0 N–H and O–H groups in total. The summed E-state index contributed by atoms with van der Waals surface area (Å²) < 4.78 is 45.9. The van der Waals surface area contributed by atoms with Crippen LogP contribution in [-0.2, 0) is 14.3 Å². The van der Waals surface area contributed by atoms with Crippen LogP contribution in [0.3, 0.4) is 0 Å². The Morgan fingerprint density at radius 1 is 1.24 bits per heavy atom. The normalized spacial score (nSPS) is 10.2. The van der Waals surface area contributed by atoms with Crippen molar-refractivity contribution in [3.05, 3.63) is 29.6 Å². The Balaban J connectivity index is 2.90. The smallest absolute Gasteiger partial charge is 0.422 e. The predicted octanol–water partition coefficient (Wildman–Crippen LogP) is 1.84. The van der Waals surface area contributed by atoms with E-state index in [-0.39, 0.29) is 5.75 Å². The van der Waals surface area contributed by atoms with E-state index in [2.05, 4.69) is 9.47 Å². The molecule has 7 heteroatoms. The summed E-state index contributed by atoms with van der Waals surface area (Å²) in [6.07, 6.45) is -3.05. The summed E-state index contributed by atoms with van der Waals surface area (Å²) in [6.45, 7) is 0. The van der Waals surface area contributed by atoms with E-state index < -0.39 is 29.7 Å². The van der Waals surface area contributed by atoms with Crippen molar-refractivity contribution in [1.82, 2.24) is 0 Å². The average Bonchev–Trinajstić information content (AvgIpc) is 2.30. The Bertz CT molecular complexity index is 445. The summed E-state index contributed by atoms with van der Waals surface area (Å²) in [5, 5.41) is 0. The van der Waals surface area contributed by atoms with Crippen molar-refractivity contribution in [3.8, 4) is 5.75 Å². The van der Waals surface area contributed by atoms with Gasteiger partial charge in [-0.1, -0.05) is 0 Å². The van der Waals surface area contributed by atoms with Gasteiger partial charge in [-0.2, -0.15) is 0 Å². The number of esters is 2. The van der Waals surface area contributed by atoms with Crippen LogP contribution >= 0.6 is 0 Å². The molecule has 1 rings (SSSR count). The molecule has 17 heavy (non-hydrogen) atoms. The summed E-state index contributed by atoms with van der Waals surface area (Å²) in [7, 11) is 0.957. The minimum absolute atomic E-state index is 0.364. The van der Waals surface area contributed by atoms with Crippen LogP contribution in [0.2, 0.25) is 0 Å². The molecule has 0 amide bonds. The van der Waals surface area contributed by atoms with Gasteiger partial charge < -0.3 is 9.47 Å². The number of hydrogen-bond acceptors (Lipinski definition) is 4. The zero-order valence-corrected chi connectivity index (χ0v) is 8.58. The van der Waals surface area contributed by atoms with Crippen molar-refractivity contribution >= 4 is 11.9 Å². The molecule has 0 atom stereocenters. The van der Waals surface area contributed by atoms with Crippen LogP contribution in [0.1, 0.15) is 12.0 Å². The minimum Gasteiger partial charge on any atom is -0.461 e. The van der Waals surface area contributed by atoms with E-state index >= 15 is 0 Å². The number of benzene rings is 1. The van der Waals surface area contributed by atoms with Crippen molar-refractivity contribution in [2.24, 2.45) is 0 Å². The highest BCUT2D eigenvalue weighted by atomic mass is 19.3. The topological polar surface area (TPSA) is 52.6 Å². The van der Waals surface area contributed by atoms with Crippen LogP contribution in [0.25, 0.3) is 0 Å². The Labute approximate surface area is 93.9 Å². The number of methoxy groups -OCH3 is 1. The fourth-order valence-corrected chi connectivity index (χ4v) is 0.985. The van der Waals surface area contributed by atoms with E-state index in [0.29, 0.717) is 12.1 Å². The van der Waals surface area contributed by atoms with Gasteiger partial charge in [-0.25, -0.2) is 22.8 Å². The van der Waals surface area contributed by atoms with Crippen molar-refractivity contribution in [2.75, 3.05) is 7.11 Å². The van der Waals surface area contributed by atoms with Gasteiger partial charge in [0.2, 0.25) is 0 Å². The maximum absolute atomic E-state index is 12.9. The molecule has 0 aliphatic carbocycles. The van der Waals surface area contributed by atoms with Crippen molar-refractivity contribution in [2.45, 2.75) is 6.43 Å². The molecule has 0 saturated carbocycles. The molecule has 0 radical (unpaired) electrons. The first-order valence-electron chi connectivity index (χ1n) is 4.33. The second-order valence-corrected chi connectivity index (χ2v) is 2.87. The maximum atomic E-state index is 12.9. The van der Waals surface area contributed by atoms with Crippen molar-refractivity contribution in [3.63, 3.8) is 0 Å². The Hall–Kier alpha value is -2.05. The third-order valence-corrected chi connectivity index (χ3v) is 1.77. The molecule has 1 aromatic carbocycles. The van der Waals surface area contributed by atoms with E-state index in [4.69, 9.17) is 0 Å². The molecular weight excluding hydrogens is 241 g/mol. The Kier molecular flexibility index (Phi) is 4.08. The highest BCUT2D eigenvalue weighted by molar-refractivity contribution is 6.30. The molecule has 0 saturated heterocycles. The molecule has 4 nitrogen and oxygen atoms in total. The van der Waals surface area contributed by atoms with Gasteiger partial charge in [0, 0.05) is 0 Å². The molecule has 1 aromatic rings. The molecule has 0 aliphatic rings. The van der Waals surface area contributed by atoms with Crippen molar-refractivity contribution < 1.29 is 32.2 Å². The predicted molar refractivity (Wildman–Crippen MR) is 49.0 cm³/mol. The molecule has 0 aliphatic heterocycles. The van der Waals surface area contributed by atoms with E-state index in [0.717, 1.165) is 13.2 Å². The van der Waals surface area contributed by atoms with Crippen LogP contribution in [0.15, 0.2) is 18.2 Å². The zero-order chi connectivity index (χ0) is 13.0. The fraction of sp³-hybridized carbons (Fsp3) is 0.200. The second-order valence-electron chi connectivity index (χ2n) is 2.87. The minimum atomic E-state index is -3.05. The van der Waals surface area contributed by atoms with Gasteiger partial charge >= 0.3 is 11.9 Å². The summed E-state index contributed by atoms with van der Waals surface area (Å²) in [6, 6.07) is 2.30. The molecular formula is C10H7F3O4. The van der Waals surface area contributed by atoms with Crippen LogP contribution in [0.4, 0.5) is 13.2 Å². The Morgan fingerprint density at radius 2 is 1.88 bits per heavy atom. The maximum Gasteiger partial charge on any atom is 0.422 e. The van der Waals surface area contributed by atoms with E-state index in [1.165, 1.54) is 0 Å². The molecule has 0 heterocycles. The van der Waals surface area contributed by atoms with Crippen LogP contribution in [0.5, 0.6) is 5.75 Å². The first kappa shape index (κ1) is 13.0. The number of rotatable bonds is 2. The largest absolute Gasteiger partial charge is 0.461 e. The lowest BCUT2D eigenvalue weighted by atomic mass is 10.2. The standard InChI is InChI=1S/C10H7F3O4/c1-16-9(14)10(15)17-5-2-3-7(11)6(4-5)8(12)13/h2-4,8H,1H3. The highest BCUT2D eigenvalue weighted by Crippen LogP contribution is 2.26. The van der Waals surface area contributed by atoms with Crippen molar-refractivity contribution in [1.29, 1.82) is 0 Å². The van der Waals surface area contributed by atoms with Crippen LogP contribution in [-0.4, -0.2) is 19.0 Å². The van der Waals surface area contributed by atoms with Gasteiger partial charge in [-0.05, 0) is 18.2 Å². The van der Waals surface area contributed by atoms with Gasteiger partial charge in [0.05, 0.1) is 12.7 Å². The SMILES string of the molecule is COC(=O)C(=O)Oc1ccc(F)c(C(F)F)c1. The quantitative estimate of drug-likeness (QED) is 0.455. The third kappa shape index (κ3) is 3.20. The van der Waals surface area contributed by atoms with E-state index in [1.807, 2.05) is 0 Å². The third-order valence-electron chi connectivity index (χ3n) is 1.77. The highest BCUT2D eigenvalue weighted by Gasteiger charge is 2.19. The lowest BCUT2D eigenvalue weighted by molar-refractivity contribution is -0.160. The lowest BCUT2D eigenvalue weighted by Crippen LogP contribution is -2.21. The first-order valence-corrected chi connectivity index (χ1v) is 4.33. The van der Waals surface area contributed by atoms with Gasteiger partial charge in [0.15, 0.2) is 0 Å². The van der Waals surface area contributed by atoms with Crippen LogP contribution in [0, 0.1) is 5.82 Å². The number of hydrogen-bond donors (Lipinski definition) is 0. The number of ether oxygens (including phenoxy) is 2. The summed E-state index contributed by atoms with van der Waals surface area (Å²) in [5.41, 5.74) is -0.917. The molecule has 0 aromatic heterocycles. The summed E-state index contributed by atoms with van der Waals surface area (Å²) in [4.78, 5) is 21.6. The summed E-state index contributed by atoms with van der Waals surface area (Å²) in [5.74, 6) is -4.15.